The van der Waals surface area contributed by atoms with E-state index >= 15 is 0 Å². The minimum Gasteiger partial charge on any atom is -0.487 e. The van der Waals surface area contributed by atoms with Gasteiger partial charge in [-0.1, -0.05) is 30.3 Å². The van der Waals surface area contributed by atoms with Crippen molar-refractivity contribution < 1.29 is 14.6 Å². The highest BCUT2D eigenvalue weighted by molar-refractivity contribution is 5.92. The Morgan fingerprint density at radius 1 is 1.25 bits per heavy atom. The summed E-state index contributed by atoms with van der Waals surface area (Å²) in [6.07, 6.45) is 1.58. The van der Waals surface area contributed by atoms with E-state index in [-0.39, 0.29) is 5.69 Å². The van der Waals surface area contributed by atoms with Crippen molar-refractivity contribution in [2.75, 3.05) is 0 Å². The summed E-state index contributed by atoms with van der Waals surface area (Å²) >= 11 is 0. The van der Waals surface area contributed by atoms with Gasteiger partial charge >= 0.3 is 5.97 Å². The second kappa shape index (κ2) is 5.05. The number of carboxylic acid groups (broad SMARTS) is 1. The highest BCUT2D eigenvalue weighted by atomic mass is 16.5. The van der Waals surface area contributed by atoms with E-state index in [1.165, 1.54) is 0 Å². The third-order valence-corrected chi connectivity index (χ3v) is 2.92. The predicted molar refractivity (Wildman–Crippen MR) is 73.8 cm³/mol. The maximum absolute atomic E-state index is 10.9. The van der Waals surface area contributed by atoms with Crippen LogP contribution in [0.4, 0.5) is 0 Å². The summed E-state index contributed by atoms with van der Waals surface area (Å²) in [6.45, 7) is 0.449. The monoisotopic (exact) mass is 268 g/mol. The fourth-order valence-corrected chi connectivity index (χ4v) is 1.93. The SMILES string of the molecule is O=C(O)c1cc2cc(OCc3ccccc3)cnc2[nH]1. The molecule has 1 aromatic carbocycles. The predicted octanol–water partition coefficient (Wildman–Crippen LogP) is 2.84. The smallest absolute Gasteiger partial charge is 0.352 e. The van der Waals surface area contributed by atoms with Gasteiger partial charge in [-0.25, -0.2) is 9.78 Å². The highest BCUT2D eigenvalue weighted by Gasteiger charge is 2.09. The average Bonchev–Trinajstić information content (AvgIpc) is 2.89. The molecule has 3 aromatic rings. The standard InChI is InChI=1S/C15H12N2O3/c18-15(19)13-7-11-6-12(8-16-14(11)17-13)20-9-10-4-2-1-3-5-10/h1-8H,9H2,(H,16,17)(H,18,19). The van der Waals surface area contributed by atoms with E-state index in [1.54, 1.807) is 18.3 Å². The lowest BCUT2D eigenvalue weighted by Crippen LogP contribution is -1.95. The van der Waals surface area contributed by atoms with Gasteiger partial charge in [0.15, 0.2) is 0 Å². The van der Waals surface area contributed by atoms with Gasteiger partial charge < -0.3 is 14.8 Å². The number of carbonyl (C=O) groups is 1. The number of nitrogens with zero attached hydrogens (tertiary/aromatic N) is 1. The van der Waals surface area contributed by atoms with Crippen LogP contribution in [0.2, 0.25) is 0 Å². The Balaban J connectivity index is 1.80. The van der Waals surface area contributed by atoms with Gasteiger partial charge in [0.25, 0.3) is 0 Å². The molecule has 0 amide bonds. The molecule has 20 heavy (non-hydrogen) atoms. The Labute approximate surface area is 114 Å². The number of rotatable bonds is 4. The lowest BCUT2D eigenvalue weighted by molar-refractivity contribution is 0.0691. The highest BCUT2D eigenvalue weighted by Crippen LogP contribution is 2.20. The molecular weight excluding hydrogens is 256 g/mol. The summed E-state index contributed by atoms with van der Waals surface area (Å²) in [5, 5.41) is 9.63. The molecule has 2 N–H and O–H groups in total. The summed E-state index contributed by atoms with van der Waals surface area (Å²) in [6, 6.07) is 13.1. The topological polar surface area (TPSA) is 75.2 Å². The lowest BCUT2D eigenvalue weighted by atomic mass is 10.2. The Morgan fingerprint density at radius 3 is 2.80 bits per heavy atom. The maximum atomic E-state index is 10.9. The average molecular weight is 268 g/mol. The van der Waals surface area contributed by atoms with Gasteiger partial charge in [-0.05, 0) is 17.7 Å². The number of aromatic carboxylic acids is 1. The first-order valence-electron chi connectivity index (χ1n) is 6.11. The zero-order valence-corrected chi connectivity index (χ0v) is 10.5. The largest absolute Gasteiger partial charge is 0.487 e. The molecule has 3 rings (SSSR count). The van der Waals surface area contributed by atoms with E-state index in [0.29, 0.717) is 23.4 Å². The first-order chi connectivity index (χ1) is 9.72. The van der Waals surface area contributed by atoms with Crippen LogP contribution in [0.3, 0.4) is 0 Å². The molecule has 0 unspecified atom stereocenters. The molecule has 0 saturated heterocycles. The number of H-pyrrole nitrogens is 1. The second-order valence-corrected chi connectivity index (χ2v) is 4.37. The van der Waals surface area contributed by atoms with Crippen LogP contribution in [0, 0.1) is 0 Å². The summed E-state index contributed by atoms with van der Waals surface area (Å²) in [5.74, 6) is -0.396. The number of nitrogens with one attached hydrogen (secondary N) is 1. The molecule has 100 valence electrons. The molecule has 0 saturated carbocycles. The van der Waals surface area contributed by atoms with Gasteiger partial charge in [0, 0.05) is 5.39 Å². The van der Waals surface area contributed by atoms with Gasteiger partial charge in [-0.3, -0.25) is 0 Å². The molecule has 2 aromatic heterocycles. The van der Waals surface area contributed by atoms with Crippen LogP contribution in [0.1, 0.15) is 16.1 Å². The summed E-state index contributed by atoms with van der Waals surface area (Å²) in [4.78, 5) is 17.8. The first kappa shape index (κ1) is 12.2. The quantitative estimate of drug-likeness (QED) is 0.763. The number of ether oxygens (including phenoxy) is 1. The van der Waals surface area contributed by atoms with Crippen LogP contribution in [-0.4, -0.2) is 21.0 Å². The number of carboxylic acids is 1. The van der Waals surface area contributed by atoms with Gasteiger partial charge in [0.1, 0.15) is 23.7 Å². The molecule has 0 aliphatic carbocycles. The molecule has 0 aliphatic heterocycles. The van der Waals surface area contributed by atoms with E-state index < -0.39 is 5.97 Å². The molecule has 0 bridgehead atoms. The first-order valence-corrected chi connectivity index (χ1v) is 6.11. The van der Waals surface area contributed by atoms with Crippen molar-refractivity contribution in [3.63, 3.8) is 0 Å². The molecule has 0 fully saturated rings. The number of aromatic nitrogens is 2. The van der Waals surface area contributed by atoms with Gasteiger partial charge in [0.2, 0.25) is 0 Å². The van der Waals surface area contributed by atoms with E-state index in [9.17, 15) is 4.79 Å². The summed E-state index contributed by atoms with van der Waals surface area (Å²) < 4.78 is 5.65. The lowest BCUT2D eigenvalue weighted by Gasteiger charge is -2.05. The van der Waals surface area contributed by atoms with Crippen molar-refractivity contribution >= 4 is 17.0 Å². The van der Waals surface area contributed by atoms with Crippen molar-refractivity contribution in [1.29, 1.82) is 0 Å². The van der Waals surface area contributed by atoms with E-state index in [4.69, 9.17) is 9.84 Å². The molecule has 0 radical (unpaired) electrons. The van der Waals surface area contributed by atoms with Crippen molar-refractivity contribution in [2.45, 2.75) is 6.61 Å². The fourth-order valence-electron chi connectivity index (χ4n) is 1.93. The molecule has 2 heterocycles. The Morgan fingerprint density at radius 2 is 2.05 bits per heavy atom. The van der Waals surface area contributed by atoms with Crippen molar-refractivity contribution in [1.82, 2.24) is 9.97 Å². The van der Waals surface area contributed by atoms with Crippen LogP contribution >= 0.6 is 0 Å². The molecule has 5 nitrogen and oxygen atoms in total. The minimum atomic E-state index is -1.00. The normalized spacial score (nSPS) is 10.6. The Hall–Kier alpha value is -2.82. The van der Waals surface area contributed by atoms with Crippen LogP contribution in [0.15, 0.2) is 48.7 Å². The molecule has 0 aliphatic rings. The van der Waals surface area contributed by atoms with Crippen molar-refractivity contribution in [3.05, 3.63) is 59.9 Å². The molecule has 0 atom stereocenters. The zero-order chi connectivity index (χ0) is 13.9. The van der Waals surface area contributed by atoms with Crippen LogP contribution in [0.5, 0.6) is 5.75 Å². The maximum Gasteiger partial charge on any atom is 0.352 e. The van der Waals surface area contributed by atoms with E-state index in [0.717, 1.165) is 5.56 Å². The third kappa shape index (κ3) is 2.47. The van der Waals surface area contributed by atoms with E-state index in [1.807, 2.05) is 30.3 Å². The molecular formula is C15H12N2O3. The van der Waals surface area contributed by atoms with Crippen LogP contribution in [0.25, 0.3) is 11.0 Å². The van der Waals surface area contributed by atoms with Gasteiger partial charge in [-0.15, -0.1) is 0 Å². The Kier molecular flexibility index (Phi) is 3.09. The number of hydrogen-bond donors (Lipinski definition) is 2. The Bertz CT molecular complexity index is 750. The number of aromatic amines is 1. The summed E-state index contributed by atoms with van der Waals surface area (Å²) in [7, 11) is 0. The van der Waals surface area contributed by atoms with Gasteiger partial charge in [-0.2, -0.15) is 0 Å². The van der Waals surface area contributed by atoms with Crippen molar-refractivity contribution in [3.8, 4) is 5.75 Å². The molecule has 0 spiro atoms. The fraction of sp³-hybridized carbons (Fsp3) is 0.0667. The number of hydrogen-bond acceptors (Lipinski definition) is 3. The number of pyridine rings is 1. The van der Waals surface area contributed by atoms with Crippen molar-refractivity contribution in [2.24, 2.45) is 0 Å². The summed E-state index contributed by atoms with van der Waals surface area (Å²) in [5.41, 5.74) is 1.72. The zero-order valence-electron chi connectivity index (χ0n) is 10.5. The second-order valence-electron chi connectivity index (χ2n) is 4.37. The minimum absolute atomic E-state index is 0.118. The van der Waals surface area contributed by atoms with E-state index in [2.05, 4.69) is 9.97 Å². The van der Waals surface area contributed by atoms with Gasteiger partial charge in [0.05, 0.1) is 6.20 Å². The van der Waals surface area contributed by atoms with Crippen LogP contribution < -0.4 is 4.74 Å². The number of benzene rings is 1. The van der Waals surface area contributed by atoms with Crippen LogP contribution in [-0.2, 0) is 6.61 Å². The third-order valence-electron chi connectivity index (χ3n) is 2.92. The number of fused-ring (bicyclic) bond motifs is 1. The molecule has 5 heteroatoms.